The van der Waals surface area contributed by atoms with Crippen molar-refractivity contribution in [2.75, 3.05) is 13.7 Å². The molecule has 4 heteroatoms. The minimum Gasteiger partial charge on any atom is -0.493 e. The van der Waals surface area contributed by atoms with Gasteiger partial charge >= 0.3 is 0 Å². The SMILES string of the molecule is COc1cnn(C)c1C(C)=CCCN. The Hall–Kier alpha value is -1.29. The van der Waals surface area contributed by atoms with Crippen molar-refractivity contribution in [1.29, 1.82) is 0 Å². The van der Waals surface area contributed by atoms with Gasteiger partial charge in [0.05, 0.1) is 13.3 Å². The second-order valence-electron chi connectivity index (χ2n) is 3.15. The van der Waals surface area contributed by atoms with Crippen molar-refractivity contribution < 1.29 is 4.74 Å². The Morgan fingerprint density at radius 2 is 2.43 bits per heavy atom. The van der Waals surface area contributed by atoms with Crippen LogP contribution in [0.1, 0.15) is 19.0 Å². The Morgan fingerprint density at radius 1 is 1.71 bits per heavy atom. The Labute approximate surface area is 84.4 Å². The Bertz CT molecular complexity index is 328. The van der Waals surface area contributed by atoms with Crippen LogP contribution < -0.4 is 10.5 Å². The van der Waals surface area contributed by atoms with Gasteiger partial charge in [-0.25, -0.2) is 0 Å². The summed E-state index contributed by atoms with van der Waals surface area (Å²) in [7, 11) is 3.55. The van der Waals surface area contributed by atoms with E-state index in [4.69, 9.17) is 10.5 Å². The molecule has 0 atom stereocenters. The molecular formula is C10H17N3O. The first-order chi connectivity index (χ1) is 6.70. The summed E-state index contributed by atoms with van der Waals surface area (Å²) in [4.78, 5) is 0. The van der Waals surface area contributed by atoms with E-state index < -0.39 is 0 Å². The number of allylic oxidation sites excluding steroid dienone is 1. The van der Waals surface area contributed by atoms with Gasteiger partial charge in [-0.05, 0) is 25.5 Å². The number of rotatable bonds is 4. The van der Waals surface area contributed by atoms with Crippen LogP contribution in [0, 0.1) is 0 Å². The zero-order valence-electron chi connectivity index (χ0n) is 8.95. The molecule has 0 unspecified atom stereocenters. The minimum atomic E-state index is 0.664. The van der Waals surface area contributed by atoms with Gasteiger partial charge in [-0.1, -0.05) is 6.08 Å². The third-order valence-electron chi connectivity index (χ3n) is 2.12. The molecule has 0 saturated carbocycles. The minimum absolute atomic E-state index is 0.664. The standard InChI is InChI=1S/C10H17N3O/c1-8(5-4-6-11)10-9(14-3)7-12-13(10)2/h5,7H,4,6,11H2,1-3H3. The van der Waals surface area contributed by atoms with Gasteiger partial charge in [0.2, 0.25) is 0 Å². The molecule has 1 aromatic heterocycles. The number of hydrogen-bond acceptors (Lipinski definition) is 3. The predicted octanol–water partition coefficient (Wildman–Crippen LogP) is 1.18. The molecule has 0 saturated heterocycles. The lowest BCUT2D eigenvalue weighted by molar-refractivity contribution is 0.413. The van der Waals surface area contributed by atoms with Crippen LogP contribution in [-0.4, -0.2) is 23.4 Å². The van der Waals surface area contributed by atoms with Crippen LogP contribution in [0.25, 0.3) is 5.57 Å². The van der Waals surface area contributed by atoms with Crippen LogP contribution >= 0.6 is 0 Å². The summed E-state index contributed by atoms with van der Waals surface area (Å²) in [5, 5.41) is 4.14. The van der Waals surface area contributed by atoms with Crippen molar-refractivity contribution in [1.82, 2.24) is 9.78 Å². The van der Waals surface area contributed by atoms with Gasteiger partial charge in [0.25, 0.3) is 0 Å². The predicted molar refractivity (Wildman–Crippen MR) is 57.1 cm³/mol. The van der Waals surface area contributed by atoms with Gasteiger partial charge in [0.1, 0.15) is 5.69 Å². The molecule has 0 radical (unpaired) electrons. The van der Waals surface area contributed by atoms with Gasteiger partial charge in [-0.3, -0.25) is 4.68 Å². The molecule has 4 nitrogen and oxygen atoms in total. The van der Waals surface area contributed by atoms with Crippen molar-refractivity contribution in [3.05, 3.63) is 18.0 Å². The van der Waals surface area contributed by atoms with E-state index in [-0.39, 0.29) is 0 Å². The summed E-state index contributed by atoms with van der Waals surface area (Å²) in [5.74, 6) is 0.804. The molecule has 0 aliphatic heterocycles. The highest BCUT2D eigenvalue weighted by Crippen LogP contribution is 2.24. The lowest BCUT2D eigenvalue weighted by atomic mass is 10.1. The fourth-order valence-corrected chi connectivity index (χ4v) is 1.41. The Balaban J connectivity index is 2.98. The lowest BCUT2D eigenvalue weighted by Gasteiger charge is -2.05. The number of hydrogen-bond donors (Lipinski definition) is 1. The highest BCUT2D eigenvalue weighted by molar-refractivity contribution is 5.65. The van der Waals surface area contributed by atoms with Crippen LogP contribution in [0.3, 0.4) is 0 Å². The fourth-order valence-electron chi connectivity index (χ4n) is 1.41. The van der Waals surface area contributed by atoms with Crippen LogP contribution in [0.4, 0.5) is 0 Å². The number of nitrogens with zero attached hydrogens (tertiary/aromatic N) is 2. The summed E-state index contributed by atoms with van der Waals surface area (Å²) in [6, 6.07) is 0. The van der Waals surface area contributed by atoms with E-state index in [0.29, 0.717) is 6.54 Å². The second kappa shape index (κ2) is 4.81. The largest absolute Gasteiger partial charge is 0.493 e. The van der Waals surface area contributed by atoms with Gasteiger partial charge < -0.3 is 10.5 Å². The van der Waals surface area contributed by atoms with Crippen molar-refractivity contribution >= 4 is 5.57 Å². The first-order valence-corrected chi connectivity index (χ1v) is 4.64. The number of aryl methyl sites for hydroxylation is 1. The van der Waals surface area contributed by atoms with Crippen LogP contribution in [0.5, 0.6) is 5.75 Å². The smallest absolute Gasteiger partial charge is 0.164 e. The molecule has 0 fully saturated rings. The monoisotopic (exact) mass is 195 g/mol. The number of methoxy groups -OCH3 is 1. The molecule has 0 bridgehead atoms. The average Bonchev–Trinajstić information content (AvgIpc) is 2.56. The Morgan fingerprint density at radius 3 is 3.00 bits per heavy atom. The quantitative estimate of drug-likeness (QED) is 0.785. The normalized spacial score (nSPS) is 11.9. The molecular weight excluding hydrogens is 178 g/mol. The average molecular weight is 195 g/mol. The summed E-state index contributed by atoms with van der Waals surface area (Å²) in [6.45, 7) is 2.70. The summed E-state index contributed by atoms with van der Waals surface area (Å²) in [5.41, 5.74) is 7.60. The molecule has 2 N–H and O–H groups in total. The zero-order valence-corrected chi connectivity index (χ0v) is 8.95. The highest BCUT2D eigenvalue weighted by Gasteiger charge is 2.09. The maximum Gasteiger partial charge on any atom is 0.164 e. The maximum absolute atomic E-state index is 5.44. The van der Waals surface area contributed by atoms with Gasteiger partial charge in [0.15, 0.2) is 5.75 Å². The van der Waals surface area contributed by atoms with E-state index in [1.165, 1.54) is 0 Å². The summed E-state index contributed by atoms with van der Waals surface area (Å²) >= 11 is 0. The first kappa shape index (κ1) is 10.8. The van der Waals surface area contributed by atoms with E-state index in [1.807, 2.05) is 14.0 Å². The highest BCUT2D eigenvalue weighted by atomic mass is 16.5. The molecule has 1 heterocycles. The zero-order chi connectivity index (χ0) is 10.6. The molecule has 78 valence electrons. The summed E-state index contributed by atoms with van der Waals surface area (Å²) in [6.07, 6.45) is 4.69. The van der Waals surface area contributed by atoms with E-state index in [9.17, 15) is 0 Å². The second-order valence-corrected chi connectivity index (χ2v) is 3.15. The van der Waals surface area contributed by atoms with Crippen molar-refractivity contribution in [2.45, 2.75) is 13.3 Å². The molecule has 1 aromatic rings. The molecule has 0 spiro atoms. The topological polar surface area (TPSA) is 53.1 Å². The molecule has 14 heavy (non-hydrogen) atoms. The molecule has 0 amide bonds. The summed E-state index contributed by atoms with van der Waals surface area (Å²) < 4.78 is 7.02. The van der Waals surface area contributed by atoms with Crippen LogP contribution in [0.15, 0.2) is 12.3 Å². The van der Waals surface area contributed by atoms with E-state index in [2.05, 4.69) is 11.2 Å². The maximum atomic E-state index is 5.44. The molecule has 0 aliphatic carbocycles. The Kier molecular flexibility index (Phi) is 3.71. The van der Waals surface area contributed by atoms with Crippen molar-refractivity contribution in [3.63, 3.8) is 0 Å². The van der Waals surface area contributed by atoms with Gasteiger partial charge in [-0.2, -0.15) is 5.10 Å². The molecule has 0 aliphatic rings. The number of aromatic nitrogens is 2. The van der Waals surface area contributed by atoms with E-state index >= 15 is 0 Å². The van der Waals surface area contributed by atoms with Crippen molar-refractivity contribution in [2.24, 2.45) is 12.8 Å². The van der Waals surface area contributed by atoms with Crippen LogP contribution in [0.2, 0.25) is 0 Å². The number of nitrogens with two attached hydrogens (primary N) is 1. The number of ether oxygens (including phenoxy) is 1. The van der Waals surface area contributed by atoms with E-state index in [1.54, 1.807) is 18.0 Å². The van der Waals surface area contributed by atoms with Crippen LogP contribution in [-0.2, 0) is 7.05 Å². The van der Waals surface area contributed by atoms with E-state index in [0.717, 1.165) is 23.4 Å². The molecule has 0 aromatic carbocycles. The first-order valence-electron chi connectivity index (χ1n) is 4.64. The third-order valence-corrected chi connectivity index (χ3v) is 2.12. The third kappa shape index (κ3) is 2.14. The lowest BCUT2D eigenvalue weighted by Crippen LogP contribution is -1.99. The van der Waals surface area contributed by atoms with Gasteiger partial charge in [0, 0.05) is 7.05 Å². The van der Waals surface area contributed by atoms with Gasteiger partial charge in [-0.15, -0.1) is 0 Å². The molecule has 1 rings (SSSR count). The fraction of sp³-hybridized carbons (Fsp3) is 0.500. The van der Waals surface area contributed by atoms with Crippen molar-refractivity contribution in [3.8, 4) is 5.75 Å².